The Kier molecular flexibility index (Phi) is 7.92. The minimum atomic E-state index is -0.747. The van der Waals surface area contributed by atoms with Crippen molar-refractivity contribution in [3.05, 3.63) is 35.4 Å². The number of benzene rings is 1. The number of carbonyl (C=O) groups is 1. The van der Waals surface area contributed by atoms with E-state index in [-0.39, 0.29) is 6.42 Å². The van der Waals surface area contributed by atoms with Crippen molar-refractivity contribution >= 4 is 5.97 Å². The molecule has 0 saturated heterocycles. The second-order valence-electron chi connectivity index (χ2n) is 4.96. The van der Waals surface area contributed by atoms with Crippen molar-refractivity contribution in [2.75, 3.05) is 26.3 Å². The minimum Gasteiger partial charge on any atom is -0.481 e. The average molecular weight is 279 g/mol. The minimum absolute atomic E-state index is 0.181. The summed E-state index contributed by atoms with van der Waals surface area (Å²) in [5, 5.41) is 8.82. The number of nitrogens with zero attached hydrogens (tertiary/aromatic N) is 1. The maximum atomic E-state index is 10.7. The first kappa shape index (κ1) is 16.7. The third kappa shape index (κ3) is 7.26. The highest BCUT2D eigenvalue weighted by Crippen LogP contribution is 2.08. The molecule has 0 aromatic heterocycles. The first-order valence-electron chi connectivity index (χ1n) is 7.19. The van der Waals surface area contributed by atoms with Gasteiger partial charge in [0.15, 0.2) is 0 Å². The van der Waals surface area contributed by atoms with Gasteiger partial charge in [-0.05, 0) is 25.8 Å². The zero-order chi connectivity index (χ0) is 14.8. The van der Waals surface area contributed by atoms with Crippen LogP contribution in [0, 0.1) is 6.92 Å². The summed E-state index contributed by atoms with van der Waals surface area (Å²) < 4.78 is 5.33. The molecule has 0 aliphatic rings. The van der Waals surface area contributed by atoms with Crippen LogP contribution >= 0.6 is 0 Å². The summed E-state index contributed by atoms with van der Waals surface area (Å²) in [4.78, 5) is 12.9. The lowest BCUT2D eigenvalue weighted by atomic mass is 10.1. The van der Waals surface area contributed by atoms with E-state index in [0.29, 0.717) is 6.54 Å². The van der Waals surface area contributed by atoms with Gasteiger partial charge in [0.05, 0.1) is 6.42 Å². The van der Waals surface area contributed by atoms with Crippen LogP contribution in [0.25, 0.3) is 0 Å². The van der Waals surface area contributed by atoms with Crippen molar-refractivity contribution < 1.29 is 14.6 Å². The number of aryl methyl sites for hydroxylation is 1. The van der Waals surface area contributed by atoms with E-state index in [1.54, 1.807) is 0 Å². The molecule has 4 nitrogen and oxygen atoms in total. The smallest absolute Gasteiger partial charge is 0.304 e. The number of carboxylic acid groups (broad SMARTS) is 1. The average Bonchev–Trinajstić information content (AvgIpc) is 2.43. The second-order valence-corrected chi connectivity index (χ2v) is 4.96. The van der Waals surface area contributed by atoms with Crippen molar-refractivity contribution in [2.24, 2.45) is 0 Å². The summed E-state index contributed by atoms with van der Waals surface area (Å²) in [5.74, 6) is -0.747. The van der Waals surface area contributed by atoms with Crippen LogP contribution in [0.4, 0.5) is 0 Å². The Morgan fingerprint density at radius 1 is 1.25 bits per heavy atom. The van der Waals surface area contributed by atoms with E-state index in [1.807, 2.05) is 6.92 Å². The monoisotopic (exact) mass is 279 g/mol. The lowest BCUT2D eigenvalue weighted by molar-refractivity contribution is -0.137. The first-order chi connectivity index (χ1) is 9.61. The molecule has 0 bridgehead atoms. The molecular formula is C16H25NO3. The molecule has 0 spiro atoms. The van der Waals surface area contributed by atoms with Crippen LogP contribution < -0.4 is 0 Å². The maximum Gasteiger partial charge on any atom is 0.304 e. The molecule has 1 aromatic carbocycles. The fourth-order valence-corrected chi connectivity index (χ4v) is 2.01. The number of rotatable bonds is 10. The van der Waals surface area contributed by atoms with Gasteiger partial charge in [0.2, 0.25) is 0 Å². The van der Waals surface area contributed by atoms with Crippen LogP contribution in [0.1, 0.15) is 30.9 Å². The summed E-state index contributed by atoms with van der Waals surface area (Å²) >= 11 is 0. The molecule has 0 amide bonds. The zero-order valence-corrected chi connectivity index (χ0v) is 12.5. The number of hydrogen-bond acceptors (Lipinski definition) is 3. The molecule has 0 atom stereocenters. The third-order valence-electron chi connectivity index (χ3n) is 3.14. The van der Waals surface area contributed by atoms with E-state index >= 15 is 0 Å². The van der Waals surface area contributed by atoms with Gasteiger partial charge in [-0.2, -0.15) is 0 Å². The van der Waals surface area contributed by atoms with Crippen molar-refractivity contribution in [1.29, 1.82) is 0 Å². The normalized spacial score (nSPS) is 10.9. The van der Waals surface area contributed by atoms with E-state index in [1.165, 1.54) is 11.1 Å². The van der Waals surface area contributed by atoms with Gasteiger partial charge in [-0.1, -0.05) is 29.8 Å². The van der Waals surface area contributed by atoms with Gasteiger partial charge in [-0.25, -0.2) is 0 Å². The highest BCUT2D eigenvalue weighted by Gasteiger charge is 2.08. The zero-order valence-electron chi connectivity index (χ0n) is 12.5. The van der Waals surface area contributed by atoms with Gasteiger partial charge in [-0.15, -0.1) is 0 Å². The molecule has 0 aliphatic carbocycles. The fraction of sp³-hybridized carbons (Fsp3) is 0.562. The summed E-state index contributed by atoms with van der Waals surface area (Å²) in [5.41, 5.74) is 2.46. The summed E-state index contributed by atoms with van der Waals surface area (Å²) in [7, 11) is 0. The Hall–Kier alpha value is -1.39. The fourth-order valence-electron chi connectivity index (χ4n) is 2.01. The quantitative estimate of drug-likeness (QED) is 0.669. The number of carboxylic acids is 1. The molecule has 0 saturated carbocycles. The Labute approximate surface area is 121 Å². The molecule has 20 heavy (non-hydrogen) atoms. The Morgan fingerprint density at radius 3 is 2.55 bits per heavy atom. The largest absolute Gasteiger partial charge is 0.481 e. The van der Waals surface area contributed by atoms with Crippen molar-refractivity contribution in [1.82, 2.24) is 4.90 Å². The highest BCUT2D eigenvalue weighted by atomic mass is 16.5. The number of aliphatic carboxylic acids is 1. The van der Waals surface area contributed by atoms with Gasteiger partial charge >= 0.3 is 5.97 Å². The molecule has 0 unspecified atom stereocenters. The summed E-state index contributed by atoms with van der Waals surface area (Å²) in [6, 6.07) is 8.38. The standard InChI is InChI=1S/C16H25NO3/c1-3-20-12-4-10-17(11-9-16(18)19)13-15-7-5-14(2)6-8-15/h5-8H,3-4,9-13H2,1-2H3,(H,18,19). The number of hydrogen-bond donors (Lipinski definition) is 1. The second kappa shape index (κ2) is 9.50. The van der Waals surface area contributed by atoms with Gasteiger partial charge in [-0.3, -0.25) is 9.69 Å². The molecule has 0 heterocycles. The van der Waals surface area contributed by atoms with E-state index in [0.717, 1.165) is 32.7 Å². The predicted octanol–water partition coefficient (Wildman–Crippen LogP) is 2.70. The molecule has 1 rings (SSSR count). The molecule has 1 aromatic rings. The summed E-state index contributed by atoms with van der Waals surface area (Å²) in [6.45, 7) is 7.74. The SMILES string of the molecule is CCOCCCN(CCC(=O)O)Cc1ccc(C)cc1. The van der Waals surface area contributed by atoms with Crippen LogP contribution in [0.2, 0.25) is 0 Å². The Morgan fingerprint density at radius 2 is 1.95 bits per heavy atom. The van der Waals surface area contributed by atoms with Crippen LogP contribution in [-0.4, -0.2) is 42.3 Å². The van der Waals surface area contributed by atoms with E-state index < -0.39 is 5.97 Å². The van der Waals surface area contributed by atoms with Crippen LogP contribution in [0.15, 0.2) is 24.3 Å². The highest BCUT2D eigenvalue weighted by molar-refractivity contribution is 5.66. The molecular weight excluding hydrogens is 254 g/mol. The first-order valence-corrected chi connectivity index (χ1v) is 7.19. The lowest BCUT2D eigenvalue weighted by Gasteiger charge is -2.21. The topological polar surface area (TPSA) is 49.8 Å². The Bertz CT molecular complexity index is 389. The van der Waals surface area contributed by atoms with Gasteiger partial charge < -0.3 is 9.84 Å². The number of ether oxygens (including phenoxy) is 1. The molecule has 4 heteroatoms. The van der Waals surface area contributed by atoms with Crippen LogP contribution in [0.5, 0.6) is 0 Å². The van der Waals surface area contributed by atoms with Crippen molar-refractivity contribution in [3.63, 3.8) is 0 Å². The Balaban J connectivity index is 2.47. The van der Waals surface area contributed by atoms with E-state index in [2.05, 4.69) is 36.1 Å². The molecule has 112 valence electrons. The van der Waals surface area contributed by atoms with E-state index in [9.17, 15) is 4.79 Å². The molecule has 0 fully saturated rings. The van der Waals surface area contributed by atoms with Crippen molar-refractivity contribution in [3.8, 4) is 0 Å². The van der Waals surface area contributed by atoms with Gasteiger partial charge in [0, 0.05) is 32.8 Å². The lowest BCUT2D eigenvalue weighted by Crippen LogP contribution is -2.28. The van der Waals surface area contributed by atoms with Crippen LogP contribution in [0.3, 0.4) is 0 Å². The predicted molar refractivity (Wildman–Crippen MR) is 79.8 cm³/mol. The maximum absolute atomic E-state index is 10.7. The molecule has 0 aliphatic heterocycles. The van der Waals surface area contributed by atoms with Crippen LogP contribution in [-0.2, 0) is 16.1 Å². The van der Waals surface area contributed by atoms with Gasteiger partial charge in [0.25, 0.3) is 0 Å². The molecule has 1 N–H and O–H groups in total. The molecule has 0 radical (unpaired) electrons. The van der Waals surface area contributed by atoms with Gasteiger partial charge in [0.1, 0.15) is 0 Å². The van der Waals surface area contributed by atoms with Crippen molar-refractivity contribution in [2.45, 2.75) is 33.2 Å². The summed E-state index contributed by atoms with van der Waals surface area (Å²) in [6.07, 6.45) is 1.11. The third-order valence-corrected chi connectivity index (χ3v) is 3.14. The van der Waals surface area contributed by atoms with E-state index in [4.69, 9.17) is 9.84 Å².